The van der Waals surface area contributed by atoms with E-state index in [2.05, 4.69) is 15.9 Å². The molecule has 0 unspecified atom stereocenters. The van der Waals surface area contributed by atoms with E-state index in [0.717, 1.165) is 16.4 Å². The highest BCUT2D eigenvalue weighted by atomic mass is 79.9. The molecule has 1 aromatic rings. The minimum Gasteiger partial charge on any atom is -0.396 e. The van der Waals surface area contributed by atoms with Crippen LogP contribution in [0.2, 0.25) is 0 Å². The Morgan fingerprint density at radius 1 is 1.50 bits per heavy atom. The molecule has 1 rings (SSSR count). The quantitative estimate of drug-likeness (QED) is 0.866. The van der Waals surface area contributed by atoms with Crippen LogP contribution in [-0.4, -0.2) is 26.3 Å². The lowest BCUT2D eigenvalue weighted by atomic mass is 10.3. The van der Waals surface area contributed by atoms with Gasteiger partial charge in [-0.3, -0.25) is 0 Å². The first-order valence-electron chi connectivity index (χ1n) is 4.51. The van der Waals surface area contributed by atoms with Gasteiger partial charge in [0.25, 0.3) is 0 Å². The number of halogens is 2. The zero-order valence-corrected chi connectivity index (χ0v) is 11.3. The molecule has 0 fully saturated rings. The highest BCUT2D eigenvalue weighted by Crippen LogP contribution is 2.28. The number of hydrogen-bond acceptors (Lipinski definition) is 3. The Morgan fingerprint density at radius 2 is 2.06 bits per heavy atom. The van der Waals surface area contributed by atoms with Crippen LogP contribution >= 0.6 is 15.9 Å². The van der Waals surface area contributed by atoms with Crippen LogP contribution in [-0.2, 0) is 10.0 Å². The van der Waals surface area contributed by atoms with Crippen molar-refractivity contribution in [1.29, 1.82) is 0 Å². The number of sulfonamides is 1. The second-order valence-corrected chi connectivity index (χ2v) is 6.09. The van der Waals surface area contributed by atoms with Crippen molar-refractivity contribution in [3.8, 4) is 0 Å². The molecule has 0 saturated heterocycles. The predicted molar refractivity (Wildman–Crippen MR) is 64.0 cm³/mol. The molecule has 0 aromatic heterocycles. The third kappa shape index (κ3) is 2.36. The van der Waals surface area contributed by atoms with Crippen molar-refractivity contribution < 1.29 is 12.8 Å². The van der Waals surface area contributed by atoms with Gasteiger partial charge >= 0.3 is 0 Å². The maximum absolute atomic E-state index is 13.1. The minimum atomic E-state index is -3.62. The van der Waals surface area contributed by atoms with Crippen molar-refractivity contribution in [3.05, 3.63) is 22.4 Å². The second-order valence-electron chi connectivity index (χ2n) is 3.22. The first kappa shape index (κ1) is 13.4. The molecular weight excluding hydrogens is 299 g/mol. The summed E-state index contributed by atoms with van der Waals surface area (Å²) in [6.45, 7) is 2.03. The van der Waals surface area contributed by atoms with Gasteiger partial charge in [0.2, 0.25) is 10.0 Å². The number of nitrogens with zero attached hydrogens (tertiary/aromatic N) is 1. The zero-order chi connectivity index (χ0) is 12.5. The average molecular weight is 311 g/mol. The first-order chi connectivity index (χ1) is 7.30. The summed E-state index contributed by atoms with van der Waals surface area (Å²) in [5.41, 5.74) is 5.16. The van der Waals surface area contributed by atoms with Crippen LogP contribution in [0.4, 0.5) is 10.1 Å². The molecule has 0 saturated carbocycles. The Balaban J connectivity index is 3.40. The molecule has 0 atom stereocenters. The normalized spacial score (nSPS) is 12.1. The molecule has 0 aliphatic carbocycles. The van der Waals surface area contributed by atoms with Gasteiger partial charge in [-0.15, -0.1) is 0 Å². The Kier molecular flexibility index (Phi) is 3.92. The van der Waals surface area contributed by atoms with E-state index in [1.807, 2.05) is 0 Å². The van der Waals surface area contributed by atoms with Crippen molar-refractivity contribution in [2.24, 2.45) is 0 Å². The van der Waals surface area contributed by atoms with Crippen LogP contribution in [0, 0.1) is 5.82 Å². The first-order valence-corrected chi connectivity index (χ1v) is 6.74. The molecule has 0 radical (unpaired) electrons. The number of anilines is 1. The van der Waals surface area contributed by atoms with Gasteiger partial charge in [-0.25, -0.2) is 17.1 Å². The molecule has 0 heterocycles. The van der Waals surface area contributed by atoms with Gasteiger partial charge in [-0.05, 0) is 28.1 Å². The maximum Gasteiger partial charge on any atom is 0.244 e. The van der Waals surface area contributed by atoms with Crippen LogP contribution in [0.15, 0.2) is 21.5 Å². The number of rotatable bonds is 3. The van der Waals surface area contributed by atoms with Gasteiger partial charge in [0.05, 0.1) is 10.6 Å². The number of benzene rings is 1. The minimum absolute atomic E-state index is 0.0317. The third-order valence-corrected chi connectivity index (χ3v) is 5.08. The Morgan fingerprint density at radius 3 is 2.56 bits per heavy atom. The summed E-state index contributed by atoms with van der Waals surface area (Å²) >= 11 is 3.01. The largest absolute Gasteiger partial charge is 0.396 e. The van der Waals surface area contributed by atoms with Crippen molar-refractivity contribution in [2.45, 2.75) is 11.8 Å². The van der Waals surface area contributed by atoms with Crippen molar-refractivity contribution in [1.82, 2.24) is 4.31 Å². The van der Waals surface area contributed by atoms with E-state index < -0.39 is 15.8 Å². The van der Waals surface area contributed by atoms with Gasteiger partial charge in [0.15, 0.2) is 0 Å². The molecule has 2 N–H and O–H groups in total. The molecule has 4 nitrogen and oxygen atoms in total. The monoisotopic (exact) mass is 310 g/mol. The van der Waals surface area contributed by atoms with Crippen LogP contribution in [0.1, 0.15) is 6.92 Å². The fraction of sp³-hybridized carbons (Fsp3) is 0.333. The molecule has 7 heteroatoms. The van der Waals surface area contributed by atoms with Gasteiger partial charge in [-0.2, -0.15) is 0 Å². The van der Waals surface area contributed by atoms with Gasteiger partial charge in [0, 0.05) is 18.1 Å². The Bertz CT molecular complexity index is 504. The fourth-order valence-electron chi connectivity index (χ4n) is 1.08. The highest BCUT2D eigenvalue weighted by Gasteiger charge is 2.23. The molecule has 0 amide bonds. The molecule has 0 spiro atoms. The van der Waals surface area contributed by atoms with Gasteiger partial charge in [-0.1, -0.05) is 6.92 Å². The molecule has 0 aliphatic rings. The average Bonchev–Trinajstić information content (AvgIpc) is 2.21. The van der Waals surface area contributed by atoms with Crippen molar-refractivity contribution >= 4 is 31.6 Å². The number of hydrogen-bond donors (Lipinski definition) is 1. The second kappa shape index (κ2) is 4.68. The Labute approximate surface area is 102 Å². The summed E-state index contributed by atoms with van der Waals surface area (Å²) in [6, 6.07) is 2.16. The topological polar surface area (TPSA) is 63.4 Å². The van der Waals surface area contributed by atoms with Crippen molar-refractivity contribution in [2.75, 3.05) is 19.3 Å². The summed E-state index contributed by atoms with van der Waals surface area (Å²) in [5, 5.41) is 0. The van der Waals surface area contributed by atoms with E-state index in [0.29, 0.717) is 6.54 Å². The Hall–Kier alpha value is -0.660. The van der Waals surface area contributed by atoms with E-state index in [4.69, 9.17) is 5.73 Å². The summed E-state index contributed by atoms with van der Waals surface area (Å²) in [6.07, 6.45) is 0. The van der Waals surface area contributed by atoms with Crippen LogP contribution in [0.3, 0.4) is 0 Å². The van der Waals surface area contributed by atoms with Gasteiger partial charge in [0.1, 0.15) is 5.82 Å². The maximum atomic E-state index is 13.1. The lowest BCUT2D eigenvalue weighted by Crippen LogP contribution is -2.27. The smallest absolute Gasteiger partial charge is 0.244 e. The molecule has 1 aromatic carbocycles. The van der Waals surface area contributed by atoms with E-state index in [-0.39, 0.29) is 15.1 Å². The summed E-state index contributed by atoms with van der Waals surface area (Å²) in [5.74, 6) is -0.648. The zero-order valence-electron chi connectivity index (χ0n) is 8.87. The lowest BCUT2D eigenvalue weighted by Gasteiger charge is -2.16. The predicted octanol–water partition coefficient (Wildman–Crippen LogP) is 1.81. The van der Waals surface area contributed by atoms with Crippen LogP contribution in [0.5, 0.6) is 0 Å². The van der Waals surface area contributed by atoms with Crippen molar-refractivity contribution in [3.63, 3.8) is 0 Å². The van der Waals surface area contributed by atoms with E-state index in [1.165, 1.54) is 7.05 Å². The molecule has 0 aliphatic heterocycles. The fourth-order valence-corrected chi connectivity index (χ4v) is 3.27. The molecule has 16 heavy (non-hydrogen) atoms. The molecule has 90 valence electrons. The van der Waals surface area contributed by atoms with E-state index in [9.17, 15) is 12.8 Å². The SMILES string of the molecule is CCN(C)S(=O)(=O)c1cc(N)c(F)cc1Br. The number of nitrogens with two attached hydrogens (primary N) is 1. The number of nitrogen functional groups attached to an aromatic ring is 1. The van der Waals surface area contributed by atoms with Gasteiger partial charge < -0.3 is 5.73 Å². The molecule has 0 bridgehead atoms. The van der Waals surface area contributed by atoms with Crippen LogP contribution in [0.25, 0.3) is 0 Å². The molecular formula is C9H12BrFN2O2S. The third-order valence-electron chi connectivity index (χ3n) is 2.18. The summed E-state index contributed by atoms with van der Waals surface area (Å²) in [7, 11) is -2.17. The lowest BCUT2D eigenvalue weighted by molar-refractivity contribution is 0.485. The summed E-state index contributed by atoms with van der Waals surface area (Å²) < 4.78 is 38.3. The highest BCUT2D eigenvalue weighted by molar-refractivity contribution is 9.10. The van der Waals surface area contributed by atoms with E-state index in [1.54, 1.807) is 6.92 Å². The van der Waals surface area contributed by atoms with E-state index >= 15 is 0 Å². The summed E-state index contributed by atoms with van der Waals surface area (Å²) in [4.78, 5) is -0.0317. The van der Waals surface area contributed by atoms with Crippen LogP contribution < -0.4 is 5.73 Å². The standard InChI is InChI=1S/C9H12BrFN2O2S/c1-3-13(2)16(14,15)9-5-8(12)7(11)4-6(9)10/h4-5H,3,12H2,1-2H3.